The first-order chi connectivity index (χ1) is 9.58. The highest BCUT2D eigenvalue weighted by molar-refractivity contribution is 5.94. The first kappa shape index (κ1) is 12.2. The highest BCUT2D eigenvalue weighted by Gasteiger charge is 2.13. The molecule has 0 radical (unpaired) electrons. The third kappa shape index (κ3) is 1.89. The summed E-state index contributed by atoms with van der Waals surface area (Å²) in [6.07, 6.45) is 1.71. The van der Waals surface area contributed by atoms with Crippen LogP contribution < -0.4 is 5.73 Å². The lowest BCUT2D eigenvalue weighted by molar-refractivity contribution is 0.0601. The van der Waals surface area contributed by atoms with Gasteiger partial charge in [0.15, 0.2) is 11.6 Å². The predicted molar refractivity (Wildman–Crippen MR) is 74.0 cm³/mol. The SMILES string of the molecule is COC(=O)c1ccc2nc(-c3nc(N)cn3C)[nH]c2c1. The number of fused-ring (bicyclic) bond motifs is 1. The molecule has 0 atom stereocenters. The molecule has 0 saturated heterocycles. The molecule has 0 aliphatic carbocycles. The maximum Gasteiger partial charge on any atom is 0.337 e. The summed E-state index contributed by atoms with van der Waals surface area (Å²) in [7, 11) is 3.19. The summed E-state index contributed by atoms with van der Waals surface area (Å²) in [5.41, 5.74) is 7.61. The van der Waals surface area contributed by atoms with Gasteiger partial charge in [0.05, 0.1) is 23.7 Å². The number of rotatable bonds is 2. The van der Waals surface area contributed by atoms with Gasteiger partial charge in [0.1, 0.15) is 5.82 Å². The van der Waals surface area contributed by atoms with Crippen molar-refractivity contribution < 1.29 is 9.53 Å². The van der Waals surface area contributed by atoms with E-state index in [1.54, 1.807) is 29.0 Å². The molecule has 0 aliphatic rings. The molecule has 0 amide bonds. The van der Waals surface area contributed by atoms with Crippen LogP contribution in [0.1, 0.15) is 10.4 Å². The van der Waals surface area contributed by atoms with Crippen molar-refractivity contribution in [3.8, 4) is 11.6 Å². The standard InChI is InChI=1S/C13H13N5O2/c1-18-6-10(14)17-12(18)11-15-8-4-3-7(13(19)20-2)5-9(8)16-11/h3-6H,14H2,1-2H3,(H,15,16). The predicted octanol–water partition coefficient (Wildman–Crippen LogP) is 1.33. The molecule has 3 rings (SSSR count). The van der Waals surface area contributed by atoms with Crippen molar-refractivity contribution in [3.05, 3.63) is 30.0 Å². The van der Waals surface area contributed by atoms with Crippen LogP contribution in [0.15, 0.2) is 24.4 Å². The number of imidazole rings is 2. The minimum atomic E-state index is -0.385. The minimum absolute atomic E-state index is 0.385. The highest BCUT2D eigenvalue weighted by Crippen LogP contribution is 2.21. The molecule has 0 aliphatic heterocycles. The topological polar surface area (TPSA) is 98.8 Å². The van der Waals surface area contributed by atoms with E-state index in [1.165, 1.54) is 7.11 Å². The fourth-order valence-electron chi connectivity index (χ4n) is 2.07. The smallest absolute Gasteiger partial charge is 0.337 e. The van der Waals surface area contributed by atoms with Gasteiger partial charge in [-0.2, -0.15) is 0 Å². The molecule has 0 unspecified atom stereocenters. The number of carbonyl (C=O) groups excluding carboxylic acids is 1. The number of ether oxygens (including phenoxy) is 1. The molecule has 7 heteroatoms. The van der Waals surface area contributed by atoms with Gasteiger partial charge in [-0.05, 0) is 18.2 Å². The molecule has 3 aromatic rings. The number of benzene rings is 1. The average Bonchev–Trinajstić information content (AvgIpc) is 2.99. The molecule has 7 nitrogen and oxygen atoms in total. The summed E-state index contributed by atoms with van der Waals surface area (Å²) in [5, 5.41) is 0. The zero-order valence-electron chi connectivity index (χ0n) is 11.0. The number of aromatic amines is 1. The van der Waals surface area contributed by atoms with E-state index in [2.05, 4.69) is 15.0 Å². The Bertz CT molecular complexity index is 802. The van der Waals surface area contributed by atoms with E-state index >= 15 is 0 Å². The van der Waals surface area contributed by atoms with Crippen LogP contribution in [0.5, 0.6) is 0 Å². The Balaban J connectivity index is 2.11. The normalized spacial score (nSPS) is 10.9. The van der Waals surface area contributed by atoms with E-state index in [0.29, 0.717) is 23.0 Å². The number of anilines is 1. The zero-order valence-corrected chi connectivity index (χ0v) is 11.0. The number of hydrogen-bond acceptors (Lipinski definition) is 5. The Hall–Kier alpha value is -2.83. The van der Waals surface area contributed by atoms with Gasteiger partial charge in [-0.15, -0.1) is 0 Å². The number of H-pyrrole nitrogens is 1. The van der Waals surface area contributed by atoms with E-state index in [-0.39, 0.29) is 5.97 Å². The van der Waals surface area contributed by atoms with Gasteiger partial charge in [-0.25, -0.2) is 14.8 Å². The summed E-state index contributed by atoms with van der Waals surface area (Å²) in [5.74, 6) is 1.28. The minimum Gasteiger partial charge on any atom is -0.465 e. The number of aromatic nitrogens is 4. The van der Waals surface area contributed by atoms with Crippen LogP contribution >= 0.6 is 0 Å². The van der Waals surface area contributed by atoms with Crippen molar-refractivity contribution in [2.45, 2.75) is 0 Å². The van der Waals surface area contributed by atoms with E-state index in [4.69, 9.17) is 10.5 Å². The van der Waals surface area contributed by atoms with Gasteiger partial charge in [0.25, 0.3) is 0 Å². The summed E-state index contributed by atoms with van der Waals surface area (Å²) in [4.78, 5) is 23.3. The molecule has 20 heavy (non-hydrogen) atoms. The third-order valence-corrected chi connectivity index (χ3v) is 3.01. The number of carbonyl (C=O) groups is 1. The summed E-state index contributed by atoms with van der Waals surface area (Å²) < 4.78 is 6.48. The maximum atomic E-state index is 11.5. The molecular formula is C13H13N5O2. The van der Waals surface area contributed by atoms with Crippen molar-refractivity contribution in [3.63, 3.8) is 0 Å². The Labute approximate surface area is 114 Å². The van der Waals surface area contributed by atoms with Crippen molar-refractivity contribution >= 4 is 22.8 Å². The van der Waals surface area contributed by atoms with Gasteiger partial charge in [0, 0.05) is 13.2 Å². The van der Waals surface area contributed by atoms with Crippen LogP contribution in [0, 0.1) is 0 Å². The second-order valence-electron chi connectivity index (χ2n) is 4.41. The summed E-state index contributed by atoms with van der Waals surface area (Å²) >= 11 is 0. The maximum absolute atomic E-state index is 11.5. The van der Waals surface area contributed by atoms with Gasteiger partial charge >= 0.3 is 5.97 Å². The van der Waals surface area contributed by atoms with Crippen LogP contribution in [0.2, 0.25) is 0 Å². The van der Waals surface area contributed by atoms with Gasteiger partial charge in [-0.3, -0.25) is 0 Å². The molecule has 0 spiro atoms. The molecular weight excluding hydrogens is 258 g/mol. The molecule has 3 N–H and O–H groups in total. The van der Waals surface area contributed by atoms with Crippen molar-refractivity contribution in [1.29, 1.82) is 0 Å². The third-order valence-electron chi connectivity index (χ3n) is 3.01. The van der Waals surface area contributed by atoms with Crippen molar-refractivity contribution in [2.24, 2.45) is 7.05 Å². The molecule has 1 aromatic carbocycles. The Morgan fingerprint density at radius 3 is 2.85 bits per heavy atom. The second-order valence-corrected chi connectivity index (χ2v) is 4.41. The number of nitrogens with zero attached hydrogens (tertiary/aromatic N) is 3. The summed E-state index contributed by atoms with van der Waals surface area (Å²) in [6.45, 7) is 0. The fourth-order valence-corrected chi connectivity index (χ4v) is 2.07. The van der Waals surface area contributed by atoms with E-state index < -0.39 is 0 Å². The second kappa shape index (κ2) is 4.37. The van der Waals surface area contributed by atoms with E-state index in [0.717, 1.165) is 11.0 Å². The van der Waals surface area contributed by atoms with Gasteiger partial charge in [0.2, 0.25) is 0 Å². The number of methoxy groups -OCH3 is 1. The Morgan fingerprint density at radius 1 is 1.40 bits per heavy atom. The Kier molecular flexibility index (Phi) is 2.67. The van der Waals surface area contributed by atoms with E-state index in [9.17, 15) is 4.79 Å². The lowest BCUT2D eigenvalue weighted by Crippen LogP contribution is -2.00. The number of aryl methyl sites for hydroxylation is 1. The molecule has 2 aromatic heterocycles. The van der Waals surface area contributed by atoms with E-state index in [1.807, 2.05) is 7.05 Å². The average molecular weight is 271 g/mol. The zero-order chi connectivity index (χ0) is 14.3. The monoisotopic (exact) mass is 271 g/mol. The van der Waals surface area contributed by atoms with Crippen LogP contribution in [0.25, 0.3) is 22.7 Å². The van der Waals surface area contributed by atoms with Gasteiger partial charge < -0.3 is 20.0 Å². The van der Waals surface area contributed by atoms with Crippen LogP contribution in [-0.2, 0) is 11.8 Å². The van der Waals surface area contributed by atoms with Crippen LogP contribution in [0.4, 0.5) is 5.82 Å². The molecule has 0 bridgehead atoms. The molecule has 102 valence electrons. The molecule has 0 fully saturated rings. The number of hydrogen-bond donors (Lipinski definition) is 2. The van der Waals surface area contributed by atoms with Crippen LogP contribution in [0.3, 0.4) is 0 Å². The van der Waals surface area contributed by atoms with Crippen molar-refractivity contribution in [2.75, 3.05) is 12.8 Å². The molecule has 2 heterocycles. The van der Waals surface area contributed by atoms with Crippen molar-refractivity contribution in [1.82, 2.24) is 19.5 Å². The number of esters is 1. The quantitative estimate of drug-likeness (QED) is 0.685. The van der Waals surface area contributed by atoms with Gasteiger partial charge in [-0.1, -0.05) is 0 Å². The largest absolute Gasteiger partial charge is 0.465 e. The highest BCUT2D eigenvalue weighted by atomic mass is 16.5. The lowest BCUT2D eigenvalue weighted by atomic mass is 10.2. The lowest BCUT2D eigenvalue weighted by Gasteiger charge is -1.97. The molecule has 0 saturated carbocycles. The fraction of sp³-hybridized carbons (Fsp3) is 0.154. The number of nitrogens with one attached hydrogen (secondary N) is 1. The number of nitrogen functional groups attached to an aromatic ring is 1. The number of nitrogens with two attached hydrogens (primary N) is 1. The first-order valence-corrected chi connectivity index (χ1v) is 5.96. The van der Waals surface area contributed by atoms with Crippen LogP contribution in [-0.4, -0.2) is 32.6 Å². The Morgan fingerprint density at radius 2 is 2.20 bits per heavy atom. The first-order valence-electron chi connectivity index (χ1n) is 5.96. The summed E-state index contributed by atoms with van der Waals surface area (Å²) in [6, 6.07) is 5.13.